The van der Waals surface area contributed by atoms with Crippen molar-refractivity contribution in [1.29, 1.82) is 0 Å². The van der Waals surface area contributed by atoms with Crippen LogP contribution in [0.1, 0.15) is 6.92 Å². The number of anilines is 2. The molecule has 1 heterocycles. The van der Waals surface area contributed by atoms with Crippen LogP contribution in [0.4, 0.5) is 11.4 Å². The first-order valence-corrected chi connectivity index (χ1v) is 6.19. The highest BCUT2D eigenvalue weighted by Crippen LogP contribution is 2.17. The van der Waals surface area contributed by atoms with Crippen molar-refractivity contribution in [2.45, 2.75) is 13.0 Å². The van der Waals surface area contributed by atoms with E-state index in [-0.39, 0.29) is 19.0 Å². The van der Waals surface area contributed by atoms with Gasteiger partial charge in [0.1, 0.15) is 0 Å². The Kier molecular flexibility index (Phi) is 3.99. The molecular formula is C13H16N4O3. The van der Waals surface area contributed by atoms with Crippen LogP contribution < -0.4 is 16.4 Å². The lowest BCUT2D eigenvalue weighted by Gasteiger charge is -2.30. The average Bonchev–Trinajstić information content (AvgIpc) is 2.39. The van der Waals surface area contributed by atoms with E-state index in [9.17, 15) is 14.4 Å². The maximum absolute atomic E-state index is 12.1. The van der Waals surface area contributed by atoms with Gasteiger partial charge in [0, 0.05) is 0 Å². The average molecular weight is 276 g/mol. The van der Waals surface area contributed by atoms with Gasteiger partial charge in [-0.1, -0.05) is 12.1 Å². The first-order chi connectivity index (χ1) is 9.47. The van der Waals surface area contributed by atoms with E-state index in [4.69, 9.17) is 5.73 Å². The van der Waals surface area contributed by atoms with Crippen LogP contribution in [-0.4, -0.2) is 41.8 Å². The van der Waals surface area contributed by atoms with Crippen molar-refractivity contribution in [2.75, 3.05) is 24.1 Å². The van der Waals surface area contributed by atoms with Crippen LogP contribution in [-0.2, 0) is 14.4 Å². The minimum atomic E-state index is -0.607. The second-order valence-corrected chi connectivity index (χ2v) is 4.63. The highest BCUT2D eigenvalue weighted by atomic mass is 16.2. The fourth-order valence-corrected chi connectivity index (χ4v) is 1.95. The number of piperazine rings is 1. The quantitative estimate of drug-likeness (QED) is 0.512. The molecule has 0 saturated carbocycles. The van der Waals surface area contributed by atoms with Crippen LogP contribution >= 0.6 is 0 Å². The highest BCUT2D eigenvalue weighted by molar-refractivity contribution is 6.01. The second kappa shape index (κ2) is 5.70. The van der Waals surface area contributed by atoms with Gasteiger partial charge in [-0.25, -0.2) is 0 Å². The summed E-state index contributed by atoms with van der Waals surface area (Å²) in [7, 11) is 0. The summed E-state index contributed by atoms with van der Waals surface area (Å²) in [4.78, 5) is 36.2. The van der Waals surface area contributed by atoms with Crippen molar-refractivity contribution in [1.82, 2.24) is 10.2 Å². The number of para-hydroxylation sites is 2. The van der Waals surface area contributed by atoms with Crippen molar-refractivity contribution < 1.29 is 14.4 Å². The van der Waals surface area contributed by atoms with Gasteiger partial charge in [-0.3, -0.25) is 24.6 Å². The Morgan fingerprint density at radius 2 is 1.90 bits per heavy atom. The van der Waals surface area contributed by atoms with Gasteiger partial charge in [-0.05, 0) is 19.1 Å². The summed E-state index contributed by atoms with van der Waals surface area (Å²) >= 11 is 0. The zero-order valence-corrected chi connectivity index (χ0v) is 11.1. The molecule has 4 N–H and O–H groups in total. The third-order valence-electron chi connectivity index (χ3n) is 3.12. The molecule has 0 aromatic heterocycles. The Morgan fingerprint density at radius 3 is 2.50 bits per heavy atom. The molecule has 0 spiro atoms. The van der Waals surface area contributed by atoms with E-state index in [0.29, 0.717) is 11.4 Å². The minimum absolute atomic E-state index is 0.0185. The van der Waals surface area contributed by atoms with E-state index >= 15 is 0 Å². The molecule has 1 unspecified atom stereocenters. The summed E-state index contributed by atoms with van der Waals surface area (Å²) in [5.41, 5.74) is 6.72. The highest BCUT2D eigenvalue weighted by Gasteiger charge is 2.29. The van der Waals surface area contributed by atoms with E-state index in [2.05, 4.69) is 10.6 Å². The van der Waals surface area contributed by atoms with Crippen LogP contribution in [0.25, 0.3) is 0 Å². The first-order valence-electron chi connectivity index (χ1n) is 6.19. The Bertz CT molecular complexity index is 542. The fraction of sp³-hybridized carbons (Fsp3) is 0.308. The predicted molar refractivity (Wildman–Crippen MR) is 73.7 cm³/mol. The second-order valence-electron chi connectivity index (χ2n) is 4.63. The van der Waals surface area contributed by atoms with Crippen molar-refractivity contribution >= 4 is 29.1 Å². The Hall–Kier alpha value is -2.41. The van der Waals surface area contributed by atoms with Gasteiger partial charge < -0.3 is 11.1 Å². The van der Waals surface area contributed by atoms with Crippen LogP contribution in [0, 0.1) is 0 Å². The van der Waals surface area contributed by atoms with E-state index in [1.807, 2.05) is 0 Å². The van der Waals surface area contributed by atoms with Crippen LogP contribution in [0.15, 0.2) is 24.3 Å². The third-order valence-corrected chi connectivity index (χ3v) is 3.12. The van der Waals surface area contributed by atoms with E-state index in [0.717, 1.165) is 0 Å². The molecule has 1 aliphatic rings. The van der Waals surface area contributed by atoms with Gasteiger partial charge in [-0.15, -0.1) is 0 Å². The molecular weight excluding hydrogens is 260 g/mol. The summed E-state index contributed by atoms with van der Waals surface area (Å²) < 4.78 is 0. The number of carbonyl (C=O) groups excluding carboxylic acids is 3. The maximum atomic E-state index is 12.1. The molecule has 0 bridgehead atoms. The lowest BCUT2D eigenvalue weighted by atomic mass is 10.2. The molecule has 1 fully saturated rings. The molecule has 0 aliphatic carbocycles. The van der Waals surface area contributed by atoms with E-state index < -0.39 is 17.9 Å². The number of benzene rings is 1. The van der Waals surface area contributed by atoms with Gasteiger partial charge in [-0.2, -0.15) is 0 Å². The Labute approximate surface area is 116 Å². The number of carbonyl (C=O) groups is 3. The normalized spacial score (nSPS) is 17.4. The number of amides is 3. The molecule has 1 aliphatic heterocycles. The fourth-order valence-electron chi connectivity index (χ4n) is 1.95. The van der Waals surface area contributed by atoms with Crippen LogP contribution in [0.3, 0.4) is 0 Å². The van der Waals surface area contributed by atoms with Gasteiger partial charge >= 0.3 is 0 Å². The molecule has 1 atom stereocenters. The smallest absolute Gasteiger partial charge is 0.241 e. The molecule has 0 radical (unpaired) electrons. The van der Waals surface area contributed by atoms with Gasteiger partial charge in [0.05, 0.1) is 30.5 Å². The Morgan fingerprint density at radius 1 is 1.30 bits per heavy atom. The largest absolute Gasteiger partial charge is 0.397 e. The topological polar surface area (TPSA) is 105 Å². The molecule has 20 heavy (non-hydrogen) atoms. The molecule has 1 aromatic rings. The molecule has 2 rings (SSSR count). The lowest BCUT2D eigenvalue weighted by molar-refractivity contribution is -0.138. The zero-order valence-electron chi connectivity index (χ0n) is 11.1. The van der Waals surface area contributed by atoms with Crippen molar-refractivity contribution in [3.63, 3.8) is 0 Å². The van der Waals surface area contributed by atoms with Crippen LogP contribution in [0.2, 0.25) is 0 Å². The number of nitrogen functional groups attached to an aromatic ring is 1. The van der Waals surface area contributed by atoms with E-state index in [1.54, 1.807) is 31.2 Å². The van der Waals surface area contributed by atoms with Crippen LogP contribution in [0.5, 0.6) is 0 Å². The molecule has 7 nitrogen and oxygen atoms in total. The molecule has 1 saturated heterocycles. The number of nitrogens with one attached hydrogen (secondary N) is 2. The number of rotatable bonds is 3. The maximum Gasteiger partial charge on any atom is 0.241 e. The summed E-state index contributed by atoms with van der Waals surface area (Å²) in [6, 6.07) is 6.28. The van der Waals surface area contributed by atoms with Gasteiger partial charge in [0.15, 0.2) is 0 Å². The molecule has 7 heteroatoms. The van der Waals surface area contributed by atoms with Crippen molar-refractivity contribution in [3.8, 4) is 0 Å². The van der Waals surface area contributed by atoms with E-state index in [1.165, 1.54) is 4.90 Å². The number of hydrogen-bond donors (Lipinski definition) is 3. The minimum Gasteiger partial charge on any atom is -0.397 e. The summed E-state index contributed by atoms with van der Waals surface area (Å²) in [6.07, 6.45) is 0. The monoisotopic (exact) mass is 276 g/mol. The van der Waals surface area contributed by atoms with Crippen molar-refractivity contribution in [3.05, 3.63) is 24.3 Å². The summed E-state index contributed by atoms with van der Waals surface area (Å²) in [6.45, 7) is 1.68. The lowest BCUT2D eigenvalue weighted by Crippen LogP contribution is -2.56. The number of hydrogen-bond acceptors (Lipinski definition) is 5. The Balaban J connectivity index is 2.03. The standard InChI is InChI=1S/C13H16N4O3/c1-8(17-6-11(18)16-12(19)7-17)13(20)15-10-5-3-2-4-9(10)14/h2-5,8H,6-7,14H2,1H3,(H,15,20)(H,16,18,19). The van der Waals surface area contributed by atoms with Gasteiger partial charge in [0.2, 0.25) is 17.7 Å². The number of nitrogens with two attached hydrogens (primary N) is 1. The molecule has 3 amide bonds. The molecule has 106 valence electrons. The third kappa shape index (κ3) is 3.12. The summed E-state index contributed by atoms with van der Waals surface area (Å²) in [5, 5.41) is 4.88. The first kappa shape index (κ1) is 14.0. The summed E-state index contributed by atoms with van der Waals surface area (Å²) in [5.74, 6) is -1.12. The van der Waals surface area contributed by atoms with Crippen molar-refractivity contribution in [2.24, 2.45) is 0 Å². The van der Waals surface area contributed by atoms with Gasteiger partial charge in [0.25, 0.3) is 0 Å². The SMILES string of the molecule is CC(C(=O)Nc1ccccc1N)N1CC(=O)NC(=O)C1. The zero-order chi connectivity index (χ0) is 14.7. The number of imide groups is 1. The predicted octanol–water partition coefficient (Wildman–Crippen LogP) is -0.446. The number of nitrogens with zero attached hydrogens (tertiary/aromatic N) is 1. The molecule has 1 aromatic carbocycles.